The van der Waals surface area contributed by atoms with E-state index in [9.17, 15) is 9.59 Å². The maximum absolute atomic E-state index is 12.6. The second kappa shape index (κ2) is 8.27. The molecule has 0 aliphatic carbocycles. The summed E-state index contributed by atoms with van der Waals surface area (Å²) in [6.07, 6.45) is 1.97. The number of aryl methyl sites for hydroxylation is 1. The minimum atomic E-state index is -0.203. The van der Waals surface area contributed by atoms with Crippen LogP contribution in [0, 0.1) is 6.92 Å². The van der Waals surface area contributed by atoms with Crippen molar-refractivity contribution in [3.05, 3.63) is 91.6 Å². The molecule has 4 aromatic rings. The number of para-hydroxylation sites is 1. The van der Waals surface area contributed by atoms with Gasteiger partial charge in [-0.2, -0.15) is 0 Å². The Morgan fingerprint density at radius 1 is 1.17 bits per heavy atom. The van der Waals surface area contributed by atoms with E-state index in [1.165, 1.54) is 4.57 Å². The lowest BCUT2D eigenvalue weighted by Gasteiger charge is -2.19. The number of rotatable bonds is 6. The first-order valence-electron chi connectivity index (χ1n) is 9.26. The molecule has 2 aromatic carbocycles. The number of carbonyl (C=O) groups excluding carboxylic acids is 1. The van der Waals surface area contributed by atoms with Crippen molar-refractivity contribution in [2.24, 2.45) is 0 Å². The van der Waals surface area contributed by atoms with Gasteiger partial charge >= 0.3 is 4.87 Å². The molecule has 0 saturated heterocycles. The van der Waals surface area contributed by atoms with Gasteiger partial charge in [0.05, 0.1) is 0 Å². The van der Waals surface area contributed by atoms with Gasteiger partial charge in [-0.25, -0.2) is 0 Å². The van der Waals surface area contributed by atoms with Crippen molar-refractivity contribution in [2.45, 2.75) is 19.4 Å². The number of carbonyl (C=O) groups is 1. The van der Waals surface area contributed by atoms with E-state index in [-0.39, 0.29) is 23.2 Å². The number of halogens is 1. The van der Waals surface area contributed by atoms with Gasteiger partial charge in [0.25, 0.3) is 0 Å². The number of nitrogens with zero attached hydrogens (tertiary/aromatic N) is 1. The molecule has 0 fully saturated rings. The van der Waals surface area contributed by atoms with Crippen molar-refractivity contribution >= 4 is 39.7 Å². The summed E-state index contributed by atoms with van der Waals surface area (Å²) in [5.41, 5.74) is 3.83. The minimum absolute atomic E-state index is 0.0112. The fourth-order valence-corrected chi connectivity index (χ4v) is 4.54. The van der Waals surface area contributed by atoms with Crippen molar-refractivity contribution in [1.29, 1.82) is 0 Å². The molecule has 1 unspecified atom stereocenters. The van der Waals surface area contributed by atoms with Crippen molar-refractivity contribution in [3.63, 3.8) is 0 Å². The van der Waals surface area contributed by atoms with E-state index in [0.29, 0.717) is 11.6 Å². The van der Waals surface area contributed by atoms with Gasteiger partial charge in [-0.05, 0) is 30.2 Å². The number of hydrogen-bond donors (Lipinski definition) is 2. The van der Waals surface area contributed by atoms with Gasteiger partial charge in [-0.3, -0.25) is 14.2 Å². The first kappa shape index (κ1) is 19.5. The topological polar surface area (TPSA) is 66.9 Å². The number of aromatic nitrogens is 2. The molecule has 0 saturated carbocycles. The molecule has 0 spiro atoms. The Kier molecular flexibility index (Phi) is 5.56. The van der Waals surface area contributed by atoms with Gasteiger partial charge in [0, 0.05) is 45.7 Å². The number of aromatic amines is 1. The maximum Gasteiger partial charge on any atom is 0.307 e. The van der Waals surface area contributed by atoms with Gasteiger partial charge in [0.1, 0.15) is 6.54 Å². The summed E-state index contributed by atoms with van der Waals surface area (Å²) in [6.45, 7) is 2.21. The lowest BCUT2D eigenvalue weighted by molar-refractivity contribution is -0.121. The first-order valence-corrected chi connectivity index (χ1v) is 10.5. The quantitative estimate of drug-likeness (QED) is 0.483. The predicted molar refractivity (Wildman–Crippen MR) is 118 cm³/mol. The minimum Gasteiger partial charge on any atom is -0.361 e. The molecule has 0 bridgehead atoms. The monoisotopic (exact) mass is 425 g/mol. The number of hydrogen-bond acceptors (Lipinski definition) is 3. The molecule has 2 aromatic heterocycles. The predicted octanol–water partition coefficient (Wildman–Crippen LogP) is 4.30. The lowest BCUT2D eigenvalue weighted by atomic mass is 9.90. The van der Waals surface area contributed by atoms with Crippen LogP contribution in [0.3, 0.4) is 0 Å². The average molecular weight is 426 g/mol. The second-order valence-electron chi connectivity index (χ2n) is 6.90. The molecule has 4 rings (SSSR count). The Morgan fingerprint density at radius 3 is 2.69 bits per heavy atom. The number of amides is 1. The SMILES string of the molecule is Cc1csc(=O)n1CC(=O)NCC(c1ccccc1Cl)c1c[nH]c2ccccc12. The first-order chi connectivity index (χ1) is 14.0. The summed E-state index contributed by atoms with van der Waals surface area (Å²) in [4.78, 5) is 27.6. The maximum atomic E-state index is 12.6. The van der Waals surface area contributed by atoms with Crippen LogP contribution in [-0.2, 0) is 11.3 Å². The van der Waals surface area contributed by atoms with E-state index in [1.807, 2.05) is 55.6 Å². The zero-order valence-corrected chi connectivity index (χ0v) is 17.4. The molecule has 2 N–H and O–H groups in total. The van der Waals surface area contributed by atoms with E-state index >= 15 is 0 Å². The van der Waals surface area contributed by atoms with Crippen LogP contribution in [0.5, 0.6) is 0 Å². The van der Waals surface area contributed by atoms with E-state index in [0.717, 1.165) is 39.1 Å². The average Bonchev–Trinajstić information content (AvgIpc) is 3.28. The van der Waals surface area contributed by atoms with Crippen LogP contribution in [0.15, 0.2) is 64.9 Å². The van der Waals surface area contributed by atoms with Gasteiger partial charge in [-0.15, -0.1) is 0 Å². The van der Waals surface area contributed by atoms with Crippen LogP contribution >= 0.6 is 22.9 Å². The molecular formula is C22H20ClN3O2S. The van der Waals surface area contributed by atoms with Crippen molar-refractivity contribution in [2.75, 3.05) is 6.54 Å². The van der Waals surface area contributed by atoms with Crippen LogP contribution in [0.1, 0.15) is 22.7 Å². The summed E-state index contributed by atoms with van der Waals surface area (Å²) in [5.74, 6) is -0.324. The summed E-state index contributed by atoms with van der Waals surface area (Å²) in [6, 6.07) is 15.7. The molecule has 148 valence electrons. The molecule has 1 amide bonds. The Balaban J connectivity index is 1.62. The van der Waals surface area contributed by atoms with Gasteiger partial charge in [0.15, 0.2) is 0 Å². The Bertz CT molecular complexity index is 1220. The van der Waals surface area contributed by atoms with Gasteiger partial charge < -0.3 is 10.3 Å². The van der Waals surface area contributed by atoms with E-state index in [4.69, 9.17) is 11.6 Å². The fraction of sp³-hybridized carbons (Fsp3) is 0.182. The number of benzene rings is 2. The smallest absolute Gasteiger partial charge is 0.307 e. The van der Waals surface area contributed by atoms with Crippen LogP contribution in [-0.4, -0.2) is 22.0 Å². The van der Waals surface area contributed by atoms with Gasteiger partial charge in [0.2, 0.25) is 5.91 Å². The van der Waals surface area contributed by atoms with Crippen LogP contribution in [0.4, 0.5) is 0 Å². The summed E-state index contributed by atoms with van der Waals surface area (Å²) in [5, 5.41) is 6.49. The number of nitrogens with one attached hydrogen (secondary N) is 2. The normalized spacial score (nSPS) is 12.2. The summed E-state index contributed by atoms with van der Waals surface area (Å²) >= 11 is 7.59. The van der Waals surface area contributed by atoms with Crippen LogP contribution < -0.4 is 10.2 Å². The van der Waals surface area contributed by atoms with Crippen molar-refractivity contribution in [1.82, 2.24) is 14.9 Å². The third kappa shape index (κ3) is 3.99. The third-order valence-electron chi connectivity index (χ3n) is 5.06. The van der Waals surface area contributed by atoms with Crippen LogP contribution in [0.25, 0.3) is 10.9 Å². The fourth-order valence-electron chi connectivity index (χ4n) is 3.54. The number of fused-ring (bicyclic) bond motifs is 1. The Hall–Kier alpha value is -2.83. The third-order valence-corrected chi connectivity index (χ3v) is 6.28. The van der Waals surface area contributed by atoms with E-state index < -0.39 is 0 Å². The zero-order valence-electron chi connectivity index (χ0n) is 15.8. The van der Waals surface area contributed by atoms with Crippen molar-refractivity contribution < 1.29 is 4.79 Å². The van der Waals surface area contributed by atoms with Crippen LogP contribution in [0.2, 0.25) is 5.02 Å². The molecule has 2 heterocycles. The Labute approximate surface area is 177 Å². The lowest BCUT2D eigenvalue weighted by Crippen LogP contribution is -2.34. The molecule has 5 nitrogen and oxygen atoms in total. The number of thiazole rings is 1. The molecule has 29 heavy (non-hydrogen) atoms. The molecule has 0 aliphatic rings. The van der Waals surface area contributed by atoms with Crippen molar-refractivity contribution in [3.8, 4) is 0 Å². The largest absolute Gasteiger partial charge is 0.361 e. The van der Waals surface area contributed by atoms with Gasteiger partial charge in [-0.1, -0.05) is 59.3 Å². The van der Waals surface area contributed by atoms with E-state index in [2.05, 4.69) is 16.4 Å². The highest BCUT2D eigenvalue weighted by atomic mass is 35.5. The molecule has 7 heteroatoms. The summed E-state index contributed by atoms with van der Waals surface area (Å²) < 4.78 is 1.48. The standard InChI is InChI=1S/C22H20ClN3O2S/c1-14-13-29-22(28)26(14)12-21(27)25-11-17(15-6-2-4-8-19(15)23)18-10-24-20-9-5-3-7-16(18)20/h2-10,13,17,24H,11-12H2,1H3,(H,25,27). The summed E-state index contributed by atoms with van der Waals surface area (Å²) in [7, 11) is 0. The molecular weight excluding hydrogens is 406 g/mol. The number of H-pyrrole nitrogens is 1. The highest BCUT2D eigenvalue weighted by Crippen LogP contribution is 2.34. The molecule has 0 radical (unpaired) electrons. The molecule has 1 atom stereocenters. The second-order valence-corrected chi connectivity index (χ2v) is 8.12. The Morgan fingerprint density at radius 2 is 1.93 bits per heavy atom. The van der Waals surface area contributed by atoms with E-state index in [1.54, 1.807) is 5.38 Å². The highest BCUT2D eigenvalue weighted by Gasteiger charge is 2.21. The zero-order chi connectivity index (χ0) is 20.4. The highest BCUT2D eigenvalue weighted by molar-refractivity contribution is 7.07. The molecule has 0 aliphatic heterocycles.